The number of hydrogen-bond donors (Lipinski definition) is 1. The van der Waals surface area contributed by atoms with Crippen molar-refractivity contribution in [3.8, 4) is 0 Å². The summed E-state index contributed by atoms with van der Waals surface area (Å²) in [6.45, 7) is 5.03. The van der Waals surface area contributed by atoms with Crippen LogP contribution in [0.1, 0.15) is 37.0 Å². The normalized spacial score (nSPS) is 17.9. The molecule has 1 saturated heterocycles. The number of benzene rings is 1. The summed E-state index contributed by atoms with van der Waals surface area (Å²) < 4.78 is 10.1. The Labute approximate surface area is 153 Å². The van der Waals surface area contributed by atoms with E-state index in [9.17, 15) is 14.4 Å². The fourth-order valence-corrected chi connectivity index (χ4v) is 2.88. The molecule has 0 bridgehead atoms. The van der Waals surface area contributed by atoms with E-state index in [1.54, 1.807) is 36.3 Å². The maximum Gasteiger partial charge on any atom is 0.338 e. The minimum absolute atomic E-state index is 0.0382. The van der Waals surface area contributed by atoms with Gasteiger partial charge in [-0.25, -0.2) is 4.79 Å². The molecule has 1 aromatic carbocycles. The van der Waals surface area contributed by atoms with Crippen molar-refractivity contribution in [1.29, 1.82) is 0 Å². The maximum absolute atomic E-state index is 12.4. The number of anilines is 1. The molecule has 7 heteroatoms. The molecule has 0 spiro atoms. The van der Waals surface area contributed by atoms with E-state index in [2.05, 4.69) is 5.32 Å². The molecular weight excluding hydrogens is 336 g/mol. The first-order valence-electron chi connectivity index (χ1n) is 8.82. The Morgan fingerprint density at radius 3 is 2.62 bits per heavy atom. The molecule has 0 radical (unpaired) electrons. The first-order chi connectivity index (χ1) is 12.5. The van der Waals surface area contributed by atoms with Crippen LogP contribution in [0.25, 0.3) is 0 Å². The SMILES string of the molecule is CCCOC(=O)c1ccc(NC(=O)[C@H]2CC(=O)N([C@H](C)COC)C2)cc1. The first-order valence-corrected chi connectivity index (χ1v) is 8.82. The van der Waals surface area contributed by atoms with Gasteiger partial charge in [0.2, 0.25) is 11.8 Å². The van der Waals surface area contributed by atoms with Crippen molar-refractivity contribution >= 4 is 23.5 Å². The zero-order valence-electron chi connectivity index (χ0n) is 15.5. The van der Waals surface area contributed by atoms with E-state index in [-0.39, 0.29) is 30.2 Å². The zero-order chi connectivity index (χ0) is 19.1. The lowest BCUT2D eigenvalue weighted by molar-refractivity contribution is -0.130. The fourth-order valence-electron chi connectivity index (χ4n) is 2.88. The van der Waals surface area contributed by atoms with E-state index in [0.29, 0.717) is 31.0 Å². The molecule has 0 unspecified atom stereocenters. The summed E-state index contributed by atoms with van der Waals surface area (Å²) in [5, 5.41) is 2.80. The molecular formula is C19H26N2O5. The van der Waals surface area contributed by atoms with Crippen molar-refractivity contribution < 1.29 is 23.9 Å². The lowest BCUT2D eigenvalue weighted by Gasteiger charge is -2.23. The third-order valence-corrected chi connectivity index (χ3v) is 4.29. The number of rotatable bonds is 8. The molecule has 0 aromatic heterocycles. The summed E-state index contributed by atoms with van der Waals surface area (Å²) in [6.07, 6.45) is 0.960. The molecule has 142 valence electrons. The molecule has 1 N–H and O–H groups in total. The molecule has 7 nitrogen and oxygen atoms in total. The highest BCUT2D eigenvalue weighted by Gasteiger charge is 2.36. The van der Waals surface area contributed by atoms with Crippen molar-refractivity contribution in [2.45, 2.75) is 32.7 Å². The van der Waals surface area contributed by atoms with Crippen molar-refractivity contribution in [2.24, 2.45) is 5.92 Å². The monoisotopic (exact) mass is 362 g/mol. The van der Waals surface area contributed by atoms with Gasteiger partial charge in [-0.2, -0.15) is 0 Å². The van der Waals surface area contributed by atoms with Crippen LogP contribution in [0.2, 0.25) is 0 Å². The van der Waals surface area contributed by atoms with Crippen LogP contribution in [0.3, 0.4) is 0 Å². The number of likely N-dealkylation sites (tertiary alicyclic amines) is 1. The van der Waals surface area contributed by atoms with E-state index in [1.165, 1.54) is 0 Å². The van der Waals surface area contributed by atoms with Crippen molar-refractivity contribution in [3.63, 3.8) is 0 Å². The number of ether oxygens (including phenoxy) is 2. The van der Waals surface area contributed by atoms with Crippen molar-refractivity contribution in [1.82, 2.24) is 4.90 Å². The molecule has 0 aliphatic carbocycles. The number of esters is 1. The minimum atomic E-state index is -0.393. The van der Waals surface area contributed by atoms with Crippen LogP contribution in [0.5, 0.6) is 0 Å². The van der Waals surface area contributed by atoms with Crippen molar-refractivity contribution in [2.75, 3.05) is 32.2 Å². The highest BCUT2D eigenvalue weighted by molar-refractivity contribution is 5.97. The van der Waals surface area contributed by atoms with Gasteiger partial charge in [-0.05, 0) is 37.6 Å². The number of amides is 2. The number of nitrogens with one attached hydrogen (secondary N) is 1. The van der Waals surface area contributed by atoms with Crippen molar-refractivity contribution in [3.05, 3.63) is 29.8 Å². The smallest absolute Gasteiger partial charge is 0.338 e. The van der Waals surface area contributed by atoms with Crippen LogP contribution in [0, 0.1) is 5.92 Å². The largest absolute Gasteiger partial charge is 0.462 e. The fraction of sp³-hybridized carbons (Fsp3) is 0.526. The average molecular weight is 362 g/mol. The Balaban J connectivity index is 1.91. The lowest BCUT2D eigenvalue weighted by Crippen LogP contribution is -2.38. The minimum Gasteiger partial charge on any atom is -0.462 e. The standard InChI is InChI=1S/C19H26N2O5/c1-4-9-26-19(24)14-5-7-16(8-6-14)20-18(23)15-10-17(22)21(11-15)13(2)12-25-3/h5-8,13,15H,4,9-12H2,1-3H3,(H,20,23)/t13-,15+/m1/s1. The predicted octanol–water partition coefficient (Wildman–Crippen LogP) is 2.08. The number of nitrogens with zero attached hydrogens (tertiary/aromatic N) is 1. The Kier molecular flexibility index (Phi) is 7.15. The second-order valence-electron chi connectivity index (χ2n) is 6.45. The molecule has 0 saturated carbocycles. The van der Waals surface area contributed by atoms with Crippen LogP contribution in [0.15, 0.2) is 24.3 Å². The van der Waals surface area contributed by atoms with Crippen LogP contribution in [0.4, 0.5) is 5.69 Å². The van der Waals surface area contributed by atoms with Gasteiger partial charge in [0.05, 0.1) is 30.7 Å². The van der Waals surface area contributed by atoms with Crippen LogP contribution in [-0.2, 0) is 19.1 Å². The number of carbonyl (C=O) groups is 3. The van der Waals surface area contributed by atoms with Gasteiger partial charge >= 0.3 is 5.97 Å². The first kappa shape index (κ1) is 19.9. The molecule has 1 aliphatic rings. The average Bonchev–Trinajstić information content (AvgIpc) is 3.02. The molecule has 1 fully saturated rings. The highest BCUT2D eigenvalue weighted by atomic mass is 16.5. The van der Waals surface area contributed by atoms with E-state index in [4.69, 9.17) is 9.47 Å². The van der Waals surface area contributed by atoms with Crippen LogP contribution in [-0.4, -0.2) is 55.6 Å². The van der Waals surface area contributed by atoms with E-state index in [1.807, 2.05) is 13.8 Å². The summed E-state index contributed by atoms with van der Waals surface area (Å²) in [7, 11) is 1.59. The number of carbonyl (C=O) groups excluding carboxylic acids is 3. The number of methoxy groups -OCH3 is 1. The van der Waals surface area contributed by atoms with E-state index >= 15 is 0 Å². The van der Waals surface area contributed by atoms with Crippen LogP contribution < -0.4 is 5.32 Å². The molecule has 2 rings (SSSR count). The highest BCUT2D eigenvalue weighted by Crippen LogP contribution is 2.22. The summed E-state index contributed by atoms with van der Waals surface area (Å²) >= 11 is 0. The quantitative estimate of drug-likeness (QED) is 0.716. The summed E-state index contributed by atoms with van der Waals surface area (Å²) in [6, 6.07) is 6.48. The topological polar surface area (TPSA) is 84.9 Å². The Morgan fingerprint density at radius 1 is 1.31 bits per heavy atom. The third kappa shape index (κ3) is 5.05. The second kappa shape index (κ2) is 9.33. The van der Waals surface area contributed by atoms with Gasteiger partial charge in [0.1, 0.15) is 0 Å². The molecule has 1 aromatic rings. The van der Waals surface area contributed by atoms with Gasteiger partial charge in [-0.15, -0.1) is 0 Å². The zero-order valence-corrected chi connectivity index (χ0v) is 15.5. The molecule has 2 amide bonds. The maximum atomic E-state index is 12.4. The summed E-state index contributed by atoms with van der Waals surface area (Å²) in [5.74, 6) is -1.01. The van der Waals surface area contributed by atoms with E-state index < -0.39 is 5.92 Å². The van der Waals surface area contributed by atoms with Crippen LogP contribution >= 0.6 is 0 Å². The predicted molar refractivity (Wildman–Crippen MR) is 96.8 cm³/mol. The molecule has 1 aliphatic heterocycles. The Morgan fingerprint density at radius 2 is 2.00 bits per heavy atom. The van der Waals surface area contributed by atoms with Gasteiger partial charge in [0.15, 0.2) is 0 Å². The second-order valence-corrected chi connectivity index (χ2v) is 6.45. The molecule has 26 heavy (non-hydrogen) atoms. The van der Waals surface area contributed by atoms with Gasteiger partial charge < -0.3 is 19.7 Å². The van der Waals surface area contributed by atoms with Gasteiger partial charge in [0, 0.05) is 25.8 Å². The lowest BCUT2D eigenvalue weighted by atomic mass is 10.1. The molecule has 1 heterocycles. The van der Waals surface area contributed by atoms with E-state index in [0.717, 1.165) is 6.42 Å². The summed E-state index contributed by atoms with van der Waals surface area (Å²) in [5.41, 5.74) is 1.02. The number of hydrogen-bond acceptors (Lipinski definition) is 5. The molecule has 2 atom stereocenters. The summed E-state index contributed by atoms with van der Waals surface area (Å²) in [4.78, 5) is 38.0. The Hall–Kier alpha value is -2.41. The van der Waals surface area contributed by atoms with Gasteiger partial charge in [-0.1, -0.05) is 6.92 Å². The third-order valence-electron chi connectivity index (χ3n) is 4.29. The van der Waals surface area contributed by atoms with Gasteiger partial charge in [-0.3, -0.25) is 9.59 Å². The van der Waals surface area contributed by atoms with Gasteiger partial charge in [0.25, 0.3) is 0 Å². The Bertz CT molecular complexity index is 644.